The van der Waals surface area contributed by atoms with Gasteiger partial charge >= 0.3 is 0 Å². The van der Waals surface area contributed by atoms with Crippen LogP contribution in [0.2, 0.25) is 0 Å². The maximum absolute atomic E-state index is 4.29. The fourth-order valence-electron chi connectivity index (χ4n) is 3.81. The highest BCUT2D eigenvalue weighted by Crippen LogP contribution is 2.48. The summed E-state index contributed by atoms with van der Waals surface area (Å²) in [5.74, 6) is 0. The van der Waals surface area contributed by atoms with Crippen LogP contribution in [0.15, 0.2) is 121 Å². The van der Waals surface area contributed by atoms with Crippen LogP contribution in [0.25, 0.3) is 0 Å². The molecule has 0 radical (unpaired) electrons. The summed E-state index contributed by atoms with van der Waals surface area (Å²) in [4.78, 5) is 0. The Kier molecular flexibility index (Phi) is 5.80. The molecular formula is C27H26P2. The lowest BCUT2D eigenvalue weighted by molar-refractivity contribution is 1.73. The SMILES string of the molecule is CP(C)(=C=P(c1ccccc1)(c1ccccc1)c1ccccc1)c1ccccc1. The highest BCUT2D eigenvalue weighted by Gasteiger charge is 2.26. The van der Waals surface area contributed by atoms with Crippen molar-refractivity contribution in [3.8, 4) is 0 Å². The van der Waals surface area contributed by atoms with E-state index in [-0.39, 0.29) is 0 Å². The van der Waals surface area contributed by atoms with E-state index in [0.717, 1.165) is 0 Å². The van der Waals surface area contributed by atoms with Crippen LogP contribution in [0, 0.1) is 0 Å². The van der Waals surface area contributed by atoms with Crippen molar-refractivity contribution < 1.29 is 0 Å². The Labute approximate surface area is 174 Å². The second-order valence-corrected chi connectivity index (χ2v) is 14.7. The van der Waals surface area contributed by atoms with Crippen LogP contribution >= 0.6 is 13.8 Å². The third-order valence-electron chi connectivity index (χ3n) is 5.23. The van der Waals surface area contributed by atoms with E-state index >= 15 is 0 Å². The van der Waals surface area contributed by atoms with Crippen molar-refractivity contribution in [1.82, 2.24) is 0 Å². The number of hydrogen-bond acceptors (Lipinski definition) is 0. The molecule has 0 aliphatic carbocycles. The van der Waals surface area contributed by atoms with E-state index < -0.39 is 13.8 Å². The van der Waals surface area contributed by atoms with Crippen LogP contribution < -0.4 is 21.2 Å². The Hall–Kier alpha value is -2.48. The van der Waals surface area contributed by atoms with E-state index in [1.165, 1.54) is 21.2 Å². The Balaban J connectivity index is 2.26. The summed E-state index contributed by atoms with van der Waals surface area (Å²) < 4.78 is 0. The van der Waals surface area contributed by atoms with Crippen molar-refractivity contribution in [2.75, 3.05) is 13.3 Å². The maximum Gasteiger partial charge on any atom is 0.0167 e. The lowest BCUT2D eigenvalue weighted by Crippen LogP contribution is -2.26. The van der Waals surface area contributed by atoms with Crippen molar-refractivity contribution in [2.24, 2.45) is 0 Å². The largest absolute Gasteiger partial charge is 0.115 e. The zero-order valence-electron chi connectivity index (χ0n) is 16.9. The molecule has 0 bridgehead atoms. The van der Waals surface area contributed by atoms with Crippen molar-refractivity contribution in [3.63, 3.8) is 0 Å². The molecule has 0 spiro atoms. The molecule has 0 saturated heterocycles. The summed E-state index contributed by atoms with van der Waals surface area (Å²) in [5.41, 5.74) is 0. The standard InChI is InChI=1S/C27H26P2/c1-28(2,24-15-7-3-8-16-24)23-29(25-17-9-4-10-18-25,26-19-11-5-12-20-26)27-21-13-6-14-22-27/h3-22H,1-2H3. The molecule has 0 heterocycles. The minimum absolute atomic E-state index is 1.36. The van der Waals surface area contributed by atoms with Gasteiger partial charge in [-0.3, -0.25) is 0 Å². The van der Waals surface area contributed by atoms with Gasteiger partial charge in [-0.1, -0.05) is 121 Å². The minimum atomic E-state index is -2.04. The van der Waals surface area contributed by atoms with Gasteiger partial charge in [-0.15, -0.1) is 5.17 Å². The summed E-state index contributed by atoms with van der Waals surface area (Å²) in [7, 11) is 0. The summed E-state index contributed by atoms with van der Waals surface area (Å²) >= 11 is 0. The molecule has 0 aliphatic rings. The topological polar surface area (TPSA) is 0 Å². The first-order valence-corrected chi connectivity index (χ1v) is 14.4. The van der Waals surface area contributed by atoms with Gasteiger partial charge < -0.3 is 0 Å². The number of hydrogen-bond donors (Lipinski definition) is 0. The fourth-order valence-corrected chi connectivity index (χ4v) is 12.3. The first-order chi connectivity index (χ1) is 14.1. The van der Waals surface area contributed by atoms with Crippen LogP contribution in [0.3, 0.4) is 0 Å². The summed E-state index contributed by atoms with van der Waals surface area (Å²) in [5, 5.41) is 9.78. The van der Waals surface area contributed by atoms with Crippen molar-refractivity contribution in [1.29, 1.82) is 0 Å². The van der Waals surface area contributed by atoms with Gasteiger partial charge in [0, 0.05) is 6.89 Å². The number of rotatable bonds is 4. The quantitative estimate of drug-likeness (QED) is 0.403. The van der Waals surface area contributed by atoms with Crippen LogP contribution in [-0.4, -0.2) is 18.5 Å². The Morgan fingerprint density at radius 1 is 0.414 bits per heavy atom. The van der Waals surface area contributed by atoms with E-state index in [4.69, 9.17) is 0 Å². The Bertz CT molecular complexity index is 1080. The molecule has 0 fully saturated rings. The molecule has 144 valence electrons. The van der Waals surface area contributed by atoms with Crippen LogP contribution in [-0.2, 0) is 0 Å². The summed E-state index contributed by atoms with van der Waals surface area (Å²) in [6.07, 6.45) is 0. The fraction of sp³-hybridized carbons (Fsp3) is 0.0741. The molecule has 0 aromatic heterocycles. The van der Waals surface area contributed by atoms with Crippen LogP contribution in [0.1, 0.15) is 0 Å². The first kappa shape index (κ1) is 19.8. The monoisotopic (exact) mass is 412 g/mol. The van der Waals surface area contributed by atoms with Gasteiger partial charge in [0.2, 0.25) is 0 Å². The second kappa shape index (κ2) is 8.49. The van der Waals surface area contributed by atoms with Crippen molar-refractivity contribution in [2.45, 2.75) is 0 Å². The Morgan fingerprint density at radius 2 is 0.690 bits per heavy atom. The number of benzene rings is 4. The van der Waals surface area contributed by atoms with Gasteiger partial charge in [0.25, 0.3) is 0 Å². The average Bonchev–Trinajstić information content (AvgIpc) is 2.80. The lowest BCUT2D eigenvalue weighted by Gasteiger charge is -2.28. The highest BCUT2D eigenvalue weighted by atomic mass is 31.2. The van der Waals surface area contributed by atoms with Crippen molar-refractivity contribution >= 4 is 40.2 Å². The van der Waals surface area contributed by atoms with Crippen LogP contribution in [0.4, 0.5) is 0 Å². The molecule has 4 rings (SSSR count). The molecule has 0 N–H and O–H groups in total. The van der Waals surface area contributed by atoms with Gasteiger partial charge in [0.1, 0.15) is 0 Å². The zero-order chi connectivity index (χ0) is 20.2. The molecule has 0 aliphatic heterocycles. The van der Waals surface area contributed by atoms with Crippen molar-refractivity contribution in [3.05, 3.63) is 121 Å². The third kappa shape index (κ3) is 3.99. The molecule has 0 nitrogen and oxygen atoms in total. The van der Waals surface area contributed by atoms with E-state index in [0.29, 0.717) is 0 Å². The van der Waals surface area contributed by atoms with Gasteiger partial charge in [0.15, 0.2) is 0 Å². The van der Waals surface area contributed by atoms with E-state index in [2.05, 4.69) is 140 Å². The summed E-state index contributed by atoms with van der Waals surface area (Å²) in [6, 6.07) is 43.9. The van der Waals surface area contributed by atoms with E-state index in [1.54, 1.807) is 0 Å². The highest BCUT2D eigenvalue weighted by molar-refractivity contribution is 8.01. The van der Waals surface area contributed by atoms with Gasteiger partial charge in [-0.25, -0.2) is 0 Å². The zero-order valence-corrected chi connectivity index (χ0v) is 18.7. The Morgan fingerprint density at radius 3 is 1.00 bits per heavy atom. The molecule has 4 aromatic carbocycles. The first-order valence-electron chi connectivity index (χ1n) is 9.88. The van der Waals surface area contributed by atoms with Gasteiger partial charge in [-0.2, -0.15) is 0 Å². The smallest absolute Gasteiger partial charge is 0.0167 e. The average molecular weight is 412 g/mol. The molecule has 29 heavy (non-hydrogen) atoms. The molecule has 4 aromatic rings. The lowest BCUT2D eigenvalue weighted by atomic mass is 10.4. The predicted octanol–water partition coefficient (Wildman–Crippen LogP) is 5.22. The van der Waals surface area contributed by atoms with Gasteiger partial charge in [-0.05, 0) is 41.4 Å². The molecular weight excluding hydrogens is 386 g/mol. The normalized spacial score (nSPS) is 11.7. The molecule has 2 heteroatoms. The molecule has 0 amide bonds. The van der Waals surface area contributed by atoms with Gasteiger partial charge in [0.05, 0.1) is 0 Å². The van der Waals surface area contributed by atoms with E-state index in [1.807, 2.05) is 0 Å². The molecule has 0 atom stereocenters. The minimum Gasteiger partial charge on any atom is -0.115 e. The van der Waals surface area contributed by atoms with E-state index in [9.17, 15) is 0 Å². The molecule has 0 unspecified atom stereocenters. The maximum atomic E-state index is 4.29. The predicted molar refractivity (Wildman–Crippen MR) is 135 cm³/mol. The summed E-state index contributed by atoms with van der Waals surface area (Å²) in [6.45, 7) is 1.14. The molecule has 0 saturated carbocycles. The van der Waals surface area contributed by atoms with Crippen LogP contribution in [0.5, 0.6) is 0 Å². The third-order valence-corrected chi connectivity index (χ3v) is 13.2. The second-order valence-electron chi connectivity index (χ2n) is 7.57.